The van der Waals surface area contributed by atoms with E-state index in [1.165, 1.54) is 0 Å². The van der Waals surface area contributed by atoms with Crippen LogP contribution in [0.4, 0.5) is 4.79 Å². The van der Waals surface area contributed by atoms with Crippen LogP contribution >= 0.6 is 0 Å². The topological polar surface area (TPSA) is 103 Å². The smallest absolute Gasteiger partial charge is 0.315 e. The van der Waals surface area contributed by atoms with Crippen molar-refractivity contribution in [3.63, 3.8) is 0 Å². The van der Waals surface area contributed by atoms with Gasteiger partial charge in [-0.1, -0.05) is 30.3 Å². The van der Waals surface area contributed by atoms with E-state index in [4.69, 9.17) is 9.47 Å². The van der Waals surface area contributed by atoms with Crippen molar-refractivity contribution in [3.8, 4) is 11.4 Å². The number of carbonyl (C=O) groups is 1. The van der Waals surface area contributed by atoms with Gasteiger partial charge >= 0.3 is 6.03 Å². The molecule has 0 saturated carbocycles. The highest BCUT2D eigenvalue weighted by atomic mass is 16.6. The summed E-state index contributed by atoms with van der Waals surface area (Å²) in [5, 5.41) is 17.7. The second-order valence-electron chi connectivity index (χ2n) is 6.09. The molecule has 25 heavy (non-hydrogen) atoms. The number of aromatic nitrogens is 4. The SMILES string of the molecule is CCNC(=O)N[C@@H]1CO[C@@H]2[C@@H]1OC[C@@H]2n1nnnc1-c1ccccc1. The lowest BCUT2D eigenvalue weighted by atomic mass is 10.1. The Hall–Kier alpha value is -2.52. The maximum Gasteiger partial charge on any atom is 0.315 e. The third-order valence-electron chi connectivity index (χ3n) is 4.52. The van der Waals surface area contributed by atoms with E-state index in [1.807, 2.05) is 37.3 Å². The van der Waals surface area contributed by atoms with E-state index in [0.29, 0.717) is 25.6 Å². The highest BCUT2D eigenvalue weighted by molar-refractivity contribution is 5.74. The molecule has 1 aromatic carbocycles. The van der Waals surface area contributed by atoms with Crippen molar-refractivity contribution >= 4 is 6.03 Å². The Labute approximate surface area is 144 Å². The number of hydrogen-bond donors (Lipinski definition) is 2. The largest absolute Gasteiger partial charge is 0.371 e. The summed E-state index contributed by atoms with van der Waals surface area (Å²) in [7, 11) is 0. The Morgan fingerprint density at radius 3 is 2.84 bits per heavy atom. The molecular weight excluding hydrogens is 324 g/mol. The molecular formula is C16H20N6O3. The lowest BCUT2D eigenvalue weighted by molar-refractivity contribution is 0.0624. The van der Waals surface area contributed by atoms with Crippen LogP contribution in [-0.2, 0) is 9.47 Å². The van der Waals surface area contributed by atoms with Gasteiger partial charge in [0.2, 0.25) is 0 Å². The van der Waals surface area contributed by atoms with Gasteiger partial charge in [-0.25, -0.2) is 9.48 Å². The number of ether oxygens (including phenoxy) is 2. The van der Waals surface area contributed by atoms with Crippen LogP contribution in [0.3, 0.4) is 0 Å². The van der Waals surface area contributed by atoms with E-state index >= 15 is 0 Å². The molecule has 0 bridgehead atoms. The minimum Gasteiger partial charge on any atom is -0.371 e. The molecule has 0 aliphatic carbocycles. The summed E-state index contributed by atoms with van der Waals surface area (Å²) >= 11 is 0. The van der Waals surface area contributed by atoms with Crippen LogP contribution in [0.2, 0.25) is 0 Å². The monoisotopic (exact) mass is 344 g/mol. The van der Waals surface area contributed by atoms with Crippen LogP contribution in [0.1, 0.15) is 13.0 Å². The van der Waals surface area contributed by atoms with Gasteiger partial charge in [0.25, 0.3) is 0 Å². The second kappa shape index (κ2) is 6.77. The van der Waals surface area contributed by atoms with Crippen LogP contribution in [0, 0.1) is 0 Å². The highest BCUT2D eigenvalue weighted by Crippen LogP contribution is 2.35. The van der Waals surface area contributed by atoms with E-state index in [2.05, 4.69) is 26.2 Å². The van der Waals surface area contributed by atoms with Crippen molar-refractivity contribution in [3.05, 3.63) is 30.3 Å². The van der Waals surface area contributed by atoms with E-state index < -0.39 is 0 Å². The molecule has 2 N–H and O–H groups in total. The lowest BCUT2D eigenvalue weighted by Gasteiger charge is -2.18. The van der Waals surface area contributed by atoms with Gasteiger partial charge in [-0.15, -0.1) is 5.10 Å². The van der Waals surface area contributed by atoms with Gasteiger partial charge in [0, 0.05) is 12.1 Å². The first kappa shape index (κ1) is 16.0. The molecule has 2 saturated heterocycles. The Morgan fingerprint density at radius 2 is 2.04 bits per heavy atom. The Balaban J connectivity index is 1.52. The van der Waals surface area contributed by atoms with E-state index in [9.17, 15) is 4.79 Å². The molecule has 0 spiro atoms. The first-order valence-corrected chi connectivity index (χ1v) is 8.38. The van der Waals surface area contributed by atoms with E-state index in [0.717, 1.165) is 5.56 Å². The number of carbonyl (C=O) groups excluding carboxylic acids is 1. The first-order valence-electron chi connectivity index (χ1n) is 8.38. The molecule has 2 amide bonds. The van der Waals surface area contributed by atoms with Crippen LogP contribution in [-0.4, -0.2) is 64.2 Å². The molecule has 0 radical (unpaired) electrons. The van der Waals surface area contributed by atoms with Crippen molar-refractivity contribution in [1.82, 2.24) is 30.8 Å². The molecule has 9 heteroatoms. The van der Waals surface area contributed by atoms with Crippen molar-refractivity contribution in [2.75, 3.05) is 19.8 Å². The number of nitrogens with zero attached hydrogens (tertiary/aromatic N) is 4. The quantitative estimate of drug-likeness (QED) is 0.830. The van der Waals surface area contributed by atoms with Crippen LogP contribution in [0.5, 0.6) is 0 Å². The summed E-state index contributed by atoms with van der Waals surface area (Å²) in [6, 6.07) is 9.24. The highest BCUT2D eigenvalue weighted by Gasteiger charge is 2.50. The molecule has 1 aromatic heterocycles. The maximum atomic E-state index is 11.8. The van der Waals surface area contributed by atoms with Crippen molar-refractivity contribution in [1.29, 1.82) is 0 Å². The average molecular weight is 344 g/mol. The molecule has 9 nitrogen and oxygen atoms in total. The van der Waals surface area contributed by atoms with Gasteiger partial charge in [-0.3, -0.25) is 0 Å². The number of fused-ring (bicyclic) bond motifs is 1. The van der Waals surface area contributed by atoms with Gasteiger partial charge in [-0.05, 0) is 17.4 Å². The number of hydrogen-bond acceptors (Lipinski definition) is 6. The number of benzene rings is 1. The molecule has 2 fully saturated rings. The maximum absolute atomic E-state index is 11.8. The number of amides is 2. The Bertz CT molecular complexity index is 736. The second-order valence-corrected chi connectivity index (χ2v) is 6.09. The fourth-order valence-corrected chi connectivity index (χ4v) is 3.39. The van der Waals surface area contributed by atoms with Crippen LogP contribution < -0.4 is 10.6 Å². The van der Waals surface area contributed by atoms with Gasteiger partial charge in [-0.2, -0.15) is 0 Å². The van der Waals surface area contributed by atoms with Gasteiger partial charge < -0.3 is 20.1 Å². The zero-order valence-corrected chi connectivity index (χ0v) is 13.8. The average Bonchev–Trinajstić information content (AvgIpc) is 3.33. The fourth-order valence-electron chi connectivity index (χ4n) is 3.39. The van der Waals surface area contributed by atoms with Gasteiger partial charge in [0.1, 0.15) is 18.2 Å². The zero-order valence-electron chi connectivity index (χ0n) is 13.8. The summed E-state index contributed by atoms with van der Waals surface area (Å²) in [5.74, 6) is 0.679. The van der Waals surface area contributed by atoms with E-state index in [-0.39, 0.29) is 30.3 Å². The number of nitrogens with one attached hydrogen (secondary N) is 2. The molecule has 2 aliphatic heterocycles. The number of rotatable bonds is 4. The summed E-state index contributed by atoms with van der Waals surface area (Å²) in [6.07, 6.45) is -0.404. The van der Waals surface area contributed by atoms with E-state index in [1.54, 1.807) is 4.68 Å². The predicted octanol–water partition coefficient (Wildman–Crippen LogP) is 0.367. The Morgan fingerprint density at radius 1 is 1.24 bits per heavy atom. The number of urea groups is 1. The summed E-state index contributed by atoms with van der Waals surface area (Å²) in [6.45, 7) is 3.29. The minimum absolute atomic E-state index is 0.128. The molecule has 2 aliphatic rings. The molecule has 4 atom stereocenters. The zero-order chi connectivity index (χ0) is 17.2. The van der Waals surface area contributed by atoms with Crippen molar-refractivity contribution < 1.29 is 14.3 Å². The summed E-state index contributed by atoms with van der Waals surface area (Å²) in [4.78, 5) is 11.8. The molecule has 132 valence electrons. The fraction of sp³-hybridized carbons (Fsp3) is 0.500. The standard InChI is InChI=1S/C16H20N6O3/c1-2-17-16(23)18-11-8-24-14-12(9-25-13(11)14)22-15(19-20-21-22)10-6-4-3-5-7-10/h3-7,11-14H,2,8-9H2,1H3,(H2,17,18,23)/t11-,12+,13-,14+/m1/s1. The van der Waals surface area contributed by atoms with Gasteiger partial charge in [0.15, 0.2) is 5.82 Å². The summed E-state index contributed by atoms with van der Waals surface area (Å²) in [5.41, 5.74) is 0.936. The Kier molecular flexibility index (Phi) is 4.33. The van der Waals surface area contributed by atoms with Crippen LogP contribution in [0.25, 0.3) is 11.4 Å². The predicted molar refractivity (Wildman–Crippen MR) is 87.8 cm³/mol. The van der Waals surface area contributed by atoms with Gasteiger partial charge in [0.05, 0.1) is 19.3 Å². The minimum atomic E-state index is -0.212. The van der Waals surface area contributed by atoms with Crippen molar-refractivity contribution in [2.45, 2.75) is 31.2 Å². The lowest BCUT2D eigenvalue weighted by Crippen LogP contribution is -2.48. The molecule has 3 heterocycles. The van der Waals surface area contributed by atoms with Crippen molar-refractivity contribution in [2.24, 2.45) is 0 Å². The molecule has 0 unspecified atom stereocenters. The third kappa shape index (κ3) is 2.96. The molecule has 2 aromatic rings. The number of tetrazole rings is 1. The first-order chi connectivity index (χ1) is 12.3. The third-order valence-corrected chi connectivity index (χ3v) is 4.52. The van der Waals surface area contributed by atoms with Crippen LogP contribution in [0.15, 0.2) is 30.3 Å². The normalized spacial score (nSPS) is 27.9. The summed E-state index contributed by atoms with van der Waals surface area (Å²) < 4.78 is 13.6. The molecule has 4 rings (SSSR count).